The molecule has 198 valence electrons. The molecule has 5 rings (SSSR count). The molecule has 1 aliphatic rings. The Kier molecular flexibility index (Phi) is 7.04. The third kappa shape index (κ3) is 5.20. The highest BCUT2D eigenvalue weighted by atomic mass is 19.4. The van der Waals surface area contributed by atoms with Crippen molar-refractivity contribution in [2.24, 2.45) is 0 Å². The van der Waals surface area contributed by atoms with E-state index in [2.05, 4.69) is 25.5 Å². The van der Waals surface area contributed by atoms with Gasteiger partial charge in [-0.05, 0) is 43.8 Å². The maximum atomic E-state index is 13.6. The number of pyridine rings is 2. The number of hydrogen-bond acceptors (Lipinski definition) is 6. The Morgan fingerprint density at radius 3 is 2.66 bits per heavy atom. The zero-order chi connectivity index (χ0) is 26.9. The van der Waals surface area contributed by atoms with Crippen molar-refractivity contribution in [3.63, 3.8) is 0 Å². The predicted molar refractivity (Wildman–Crippen MR) is 138 cm³/mol. The van der Waals surface area contributed by atoms with Crippen LogP contribution in [0.1, 0.15) is 27.2 Å². The molecule has 0 spiro atoms. The Bertz CT molecular complexity index is 1480. The predicted octanol–water partition coefficient (Wildman–Crippen LogP) is 4.53. The summed E-state index contributed by atoms with van der Waals surface area (Å²) >= 11 is 0. The van der Waals surface area contributed by atoms with Crippen LogP contribution in [0.4, 0.5) is 24.5 Å². The average molecular weight is 525 g/mol. The third-order valence-corrected chi connectivity index (χ3v) is 6.52. The number of hydrogen-bond donors (Lipinski definition) is 2. The molecule has 1 aliphatic heterocycles. The average Bonchev–Trinajstić information content (AvgIpc) is 3.38. The highest BCUT2D eigenvalue weighted by Crippen LogP contribution is 2.34. The van der Waals surface area contributed by atoms with E-state index in [1.54, 1.807) is 19.3 Å². The molecule has 0 atom stereocenters. The minimum atomic E-state index is -4.58. The number of morpholine rings is 1. The Balaban J connectivity index is 1.47. The Morgan fingerprint density at radius 1 is 1.13 bits per heavy atom. The number of ether oxygens (including phenoxy) is 1. The molecule has 4 heterocycles. The first kappa shape index (κ1) is 25.7. The zero-order valence-corrected chi connectivity index (χ0v) is 21.0. The number of amides is 1. The first-order valence-electron chi connectivity index (χ1n) is 12.2. The molecule has 0 aliphatic carbocycles. The fourth-order valence-corrected chi connectivity index (χ4v) is 4.62. The minimum absolute atomic E-state index is 0.0374. The molecule has 0 bridgehead atoms. The van der Waals surface area contributed by atoms with E-state index in [9.17, 15) is 18.0 Å². The first-order chi connectivity index (χ1) is 18.2. The van der Waals surface area contributed by atoms with Crippen molar-refractivity contribution < 1.29 is 22.7 Å². The number of alkyl halides is 3. The maximum absolute atomic E-state index is 13.6. The SMILES string of the molecule is CNCc1ccc(C(=O)Nc2cnc(C)c(-c3cc(N4CCOCC4)c4nccn4c3)c2)cc1C(F)(F)F. The Hall–Kier alpha value is -3.96. The number of aromatic nitrogens is 3. The minimum Gasteiger partial charge on any atom is -0.378 e. The largest absolute Gasteiger partial charge is 0.416 e. The fraction of sp³-hybridized carbons (Fsp3) is 0.296. The smallest absolute Gasteiger partial charge is 0.378 e. The van der Waals surface area contributed by atoms with Gasteiger partial charge in [-0.25, -0.2) is 4.98 Å². The molecule has 1 aromatic carbocycles. The summed E-state index contributed by atoms with van der Waals surface area (Å²) in [5, 5.41) is 5.43. The van der Waals surface area contributed by atoms with Crippen LogP contribution in [0, 0.1) is 6.92 Å². The number of benzene rings is 1. The number of fused-ring (bicyclic) bond motifs is 1. The topological polar surface area (TPSA) is 83.8 Å². The number of nitrogens with one attached hydrogen (secondary N) is 2. The summed E-state index contributed by atoms with van der Waals surface area (Å²) < 4.78 is 48.2. The zero-order valence-electron chi connectivity index (χ0n) is 21.0. The van der Waals surface area contributed by atoms with E-state index < -0.39 is 17.6 Å². The van der Waals surface area contributed by atoms with Crippen LogP contribution < -0.4 is 15.5 Å². The number of aryl methyl sites for hydroxylation is 1. The molecule has 1 saturated heterocycles. The van der Waals surface area contributed by atoms with Crippen molar-refractivity contribution in [3.05, 3.63) is 77.5 Å². The highest BCUT2D eigenvalue weighted by Gasteiger charge is 2.34. The molecule has 0 radical (unpaired) electrons. The number of rotatable bonds is 6. The number of nitrogens with zero attached hydrogens (tertiary/aromatic N) is 4. The normalized spacial score (nSPS) is 14.2. The van der Waals surface area contributed by atoms with Crippen LogP contribution in [0.25, 0.3) is 16.8 Å². The summed E-state index contributed by atoms with van der Waals surface area (Å²) in [6.45, 7) is 4.65. The number of carbonyl (C=O) groups is 1. The summed E-state index contributed by atoms with van der Waals surface area (Å²) in [6.07, 6.45) is 2.47. The molecule has 1 fully saturated rings. The van der Waals surface area contributed by atoms with Crippen LogP contribution in [-0.4, -0.2) is 53.6 Å². The van der Waals surface area contributed by atoms with Gasteiger partial charge in [0.05, 0.1) is 36.3 Å². The molecule has 8 nitrogen and oxygen atoms in total. The maximum Gasteiger partial charge on any atom is 0.416 e. The van der Waals surface area contributed by atoms with E-state index in [1.165, 1.54) is 18.3 Å². The lowest BCUT2D eigenvalue weighted by Gasteiger charge is -2.29. The van der Waals surface area contributed by atoms with E-state index in [1.807, 2.05) is 29.8 Å². The van der Waals surface area contributed by atoms with Gasteiger partial charge in [0.2, 0.25) is 0 Å². The van der Waals surface area contributed by atoms with Crippen LogP contribution in [0.5, 0.6) is 0 Å². The van der Waals surface area contributed by atoms with Crippen LogP contribution in [0.2, 0.25) is 0 Å². The lowest BCUT2D eigenvalue weighted by Crippen LogP contribution is -2.36. The summed E-state index contributed by atoms with van der Waals surface area (Å²) in [5.41, 5.74) is 3.70. The second-order valence-electron chi connectivity index (χ2n) is 9.08. The van der Waals surface area contributed by atoms with Crippen LogP contribution in [0.15, 0.2) is 55.1 Å². The molecule has 3 aromatic heterocycles. The van der Waals surface area contributed by atoms with Crippen molar-refractivity contribution in [2.75, 3.05) is 43.6 Å². The van der Waals surface area contributed by atoms with Gasteiger partial charge in [0.15, 0.2) is 5.65 Å². The molecule has 4 aromatic rings. The molecular weight excluding hydrogens is 497 g/mol. The van der Waals surface area contributed by atoms with Gasteiger partial charge in [-0.15, -0.1) is 0 Å². The van der Waals surface area contributed by atoms with Crippen LogP contribution in [-0.2, 0) is 17.5 Å². The van der Waals surface area contributed by atoms with Gasteiger partial charge in [0, 0.05) is 60.6 Å². The summed E-state index contributed by atoms with van der Waals surface area (Å²) in [5.74, 6) is -0.651. The van der Waals surface area contributed by atoms with Crippen molar-refractivity contribution in [2.45, 2.75) is 19.6 Å². The van der Waals surface area contributed by atoms with Crippen molar-refractivity contribution in [1.82, 2.24) is 19.7 Å². The van der Waals surface area contributed by atoms with E-state index >= 15 is 0 Å². The van der Waals surface area contributed by atoms with Crippen molar-refractivity contribution in [1.29, 1.82) is 0 Å². The van der Waals surface area contributed by atoms with Gasteiger partial charge >= 0.3 is 6.18 Å². The van der Waals surface area contributed by atoms with Gasteiger partial charge in [-0.1, -0.05) is 6.07 Å². The number of imidazole rings is 1. The van der Waals surface area contributed by atoms with Gasteiger partial charge in [0.1, 0.15) is 0 Å². The second kappa shape index (κ2) is 10.4. The molecular formula is C27H27F3N6O2. The summed E-state index contributed by atoms with van der Waals surface area (Å²) in [7, 11) is 1.57. The molecule has 0 unspecified atom stereocenters. The molecule has 38 heavy (non-hydrogen) atoms. The molecule has 2 N–H and O–H groups in total. The number of halogens is 3. The van der Waals surface area contributed by atoms with E-state index in [4.69, 9.17) is 4.74 Å². The van der Waals surface area contributed by atoms with Crippen molar-refractivity contribution in [3.8, 4) is 11.1 Å². The van der Waals surface area contributed by atoms with Crippen LogP contribution >= 0.6 is 0 Å². The lowest BCUT2D eigenvalue weighted by atomic mass is 10.0. The summed E-state index contributed by atoms with van der Waals surface area (Å²) in [6, 6.07) is 7.41. The van der Waals surface area contributed by atoms with E-state index in [-0.39, 0.29) is 17.7 Å². The molecule has 1 amide bonds. The van der Waals surface area contributed by atoms with Gasteiger partial charge in [0.25, 0.3) is 5.91 Å². The Labute approximate surface area is 217 Å². The van der Waals surface area contributed by atoms with Gasteiger partial charge in [-0.2, -0.15) is 13.2 Å². The summed E-state index contributed by atoms with van der Waals surface area (Å²) in [4.78, 5) is 24.1. The van der Waals surface area contributed by atoms with E-state index in [0.29, 0.717) is 18.9 Å². The number of anilines is 2. The Morgan fingerprint density at radius 2 is 1.92 bits per heavy atom. The monoisotopic (exact) mass is 524 g/mol. The van der Waals surface area contributed by atoms with Crippen molar-refractivity contribution >= 4 is 22.9 Å². The van der Waals surface area contributed by atoms with Gasteiger partial charge in [-0.3, -0.25) is 9.78 Å². The quantitative estimate of drug-likeness (QED) is 0.386. The molecule has 11 heteroatoms. The molecule has 0 saturated carbocycles. The standard InChI is InChI=1S/C27H27F3N6O2/c1-17-22(20-12-24(35-7-9-38-10-8-35)25-32-5-6-36(25)16-20)13-21(15-33-17)34-26(37)18-3-4-19(14-31-2)23(11-18)27(28,29)30/h3-6,11-13,15-16,31H,7-10,14H2,1-2H3,(H,34,37). The first-order valence-corrected chi connectivity index (χ1v) is 12.2. The third-order valence-electron chi connectivity index (χ3n) is 6.52. The van der Waals surface area contributed by atoms with Crippen LogP contribution in [0.3, 0.4) is 0 Å². The van der Waals surface area contributed by atoms with Gasteiger partial charge < -0.3 is 24.7 Å². The second-order valence-corrected chi connectivity index (χ2v) is 9.08. The highest BCUT2D eigenvalue weighted by molar-refractivity contribution is 6.04. The fourth-order valence-electron chi connectivity index (χ4n) is 4.62. The van der Waals surface area contributed by atoms with E-state index in [0.717, 1.165) is 47.3 Å². The lowest BCUT2D eigenvalue weighted by molar-refractivity contribution is -0.138. The number of carbonyl (C=O) groups excluding carboxylic acids is 1.